The van der Waals surface area contributed by atoms with Gasteiger partial charge in [0.15, 0.2) is 11.5 Å². The second kappa shape index (κ2) is 6.51. The third kappa shape index (κ3) is 2.84. The van der Waals surface area contributed by atoms with E-state index < -0.39 is 0 Å². The van der Waals surface area contributed by atoms with Crippen LogP contribution in [0.25, 0.3) is 5.65 Å². The molecule has 0 atom stereocenters. The quantitative estimate of drug-likeness (QED) is 0.646. The highest BCUT2D eigenvalue weighted by Crippen LogP contribution is 2.34. The molecule has 6 nitrogen and oxygen atoms in total. The average molecular weight is 330 g/mol. The van der Waals surface area contributed by atoms with Gasteiger partial charge in [-0.1, -0.05) is 6.08 Å². The van der Waals surface area contributed by atoms with E-state index in [1.165, 1.54) is 16.2 Å². The van der Waals surface area contributed by atoms with Crippen LogP contribution in [0.1, 0.15) is 11.3 Å². The maximum atomic E-state index is 4.95. The molecule has 1 fully saturated rings. The van der Waals surface area contributed by atoms with Gasteiger partial charge in [-0.15, -0.1) is 23.4 Å². The van der Waals surface area contributed by atoms with Gasteiger partial charge in [-0.25, -0.2) is 9.50 Å². The third-order valence-electron chi connectivity index (χ3n) is 4.33. The standard InChI is InChI=1S/C16H22N6S/c1-2-9-23-14-15-19-13-3-4-18-10-12(13)11-22(15)20-16(14)21-7-5-17-6-8-21/h2,11,17-18H,1,3-10H2. The number of hydrogen-bond donors (Lipinski definition) is 2. The van der Waals surface area contributed by atoms with Crippen LogP contribution in [-0.2, 0) is 13.0 Å². The van der Waals surface area contributed by atoms with E-state index in [9.17, 15) is 0 Å². The molecule has 0 saturated carbocycles. The zero-order chi connectivity index (χ0) is 15.6. The SMILES string of the molecule is C=CCSc1c(N2CCNCC2)nn2cc3c(nc12)CCNC3. The lowest BCUT2D eigenvalue weighted by molar-refractivity contribution is 0.581. The van der Waals surface area contributed by atoms with E-state index >= 15 is 0 Å². The van der Waals surface area contributed by atoms with Gasteiger partial charge in [0, 0.05) is 63.2 Å². The smallest absolute Gasteiger partial charge is 0.171 e. The van der Waals surface area contributed by atoms with E-state index in [-0.39, 0.29) is 0 Å². The molecule has 0 aliphatic carbocycles. The van der Waals surface area contributed by atoms with Crippen molar-refractivity contribution in [2.24, 2.45) is 0 Å². The fourth-order valence-electron chi connectivity index (χ4n) is 3.16. The fraction of sp³-hybridized carbons (Fsp3) is 0.500. The molecule has 0 spiro atoms. The Hall–Kier alpha value is -1.57. The Balaban J connectivity index is 1.81. The van der Waals surface area contributed by atoms with Crippen LogP contribution in [0.3, 0.4) is 0 Å². The average Bonchev–Trinajstić information content (AvgIpc) is 2.96. The van der Waals surface area contributed by atoms with Crippen LogP contribution >= 0.6 is 11.8 Å². The van der Waals surface area contributed by atoms with Gasteiger partial charge in [-0.05, 0) is 0 Å². The van der Waals surface area contributed by atoms with E-state index in [4.69, 9.17) is 10.1 Å². The normalized spacial score (nSPS) is 18.2. The Bertz CT molecular complexity index is 719. The molecule has 23 heavy (non-hydrogen) atoms. The first-order valence-electron chi connectivity index (χ1n) is 8.18. The van der Waals surface area contributed by atoms with Crippen molar-refractivity contribution < 1.29 is 0 Å². The van der Waals surface area contributed by atoms with Gasteiger partial charge < -0.3 is 15.5 Å². The molecule has 0 unspecified atom stereocenters. The summed E-state index contributed by atoms with van der Waals surface area (Å²) in [6.45, 7) is 9.74. The first kappa shape index (κ1) is 15.0. The maximum absolute atomic E-state index is 4.95. The van der Waals surface area contributed by atoms with E-state index in [0.29, 0.717) is 0 Å². The number of thioether (sulfide) groups is 1. The van der Waals surface area contributed by atoms with Crippen molar-refractivity contribution in [2.75, 3.05) is 43.4 Å². The van der Waals surface area contributed by atoms with Crippen molar-refractivity contribution in [3.8, 4) is 0 Å². The monoisotopic (exact) mass is 330 g/mol. The summed E-state index contributed by atoms with van der Waals surface area (Å²) in [5.41, 5.74) is 3.47. The van der Waals surface area contributed by atoms with Gasteiger partial charge in [0.05, 0.1) is 10.6 Å². The minimum absolute atomic E-state index is 0.876. The Morgan fingerprint density at radius 1 is 1.26 bits per heavy atom. The number of piperazine rings is 1. The molecule has 4 rings (SSSR count). The minimum atomic E-state index is 0.876. The molecule has 4 heterocycles. The van der Waals surface area contributed by atoms with Gasteiger partial charge in [-0.2, -0.15) is 0 Å². The van der Waals surface area contributed by atoms with E-state index in [1.54, 1.807) is 11.8 Å². The predicted molar refractivity (Wildman–Crippen MR) is 94.4 cm³/mol. The number of rotatable bonds is 4. The molecule has 2 aliphatic rings. The van der Waals surface area contributed by atoms with Crippen LogP contribution in [0, 0.1) is 0 Å². The summed E-state index contributed by atoms with van der Waals surface area (Å²) in [5, 5.41) is 11.7. The number of nitrogens with zero attached hydrogens (tertiary/aromatic N) is 4. The lowest BCUT2D eigenvalue weighted by atomic mass is 10.1. The lowest BCUT2D eigenvalue weighted by Crippen LogP contribution is -2.43. The van der Waals surface area contributed by atoms with Gasteiger partial charge in [0.1, 0.15) is 0 Å². The summed E-state index contributed by atoms with van der Waals surface area (Å²) in [5.74, 6) is 1.95. The van der Waals surface area contributed by atoms with Gasteiger partial charge >= 0.3 is 0 Å². The highest BCUT2D eigenvalue weighted by Gasteiger charge is 2.23. The number of fused-ring (bicyclic) bond motifs is 2. The molecule has 122 valence electrons. The summed E-state index contributed by atoms with van der Waals surface area (Å²) in [4.78, 5) is 8.50. The van der Waals surface area contributed by atoms with Crippen molar-refractivity contribution in [1.29, 1.82) is 0 Å². The van der Waals surface area contributed by atoms with E-state index in [0.717, 1.165) is 62.9 Å². The highest BCUT2D eigenvalue weighted by molar-refractivity contribution is 7.99. The van der Waals surface area contributed by atoms with Crippen LogP contribution in [0.15, 0.2) is 23.7 Å². The van der Waals surface area contributed by atoms with Crippen molar-refractivity contribution in [2.45, 2.75) is 17.9 Å². The highest BCUT2D eigenvalue weighted by atomic mass is 32.2. The number of aromatic nitrogens is 3. The molecule has 2 aromatic heterocycles. The molecule has 2 aromatic rings. The van der Waals surface area contributed by atoms with Crippen LogP contribution < -0.4 is 15.5 Å². The zero-order valence-electron chi connectivity index (χ0n) is 13.2. The largest absolute Gasteiger partial charge is 0.352 e. The third-order valence-corrected chi connectivity index (χ3v) is 5.39. The molecule has 0 amide bonds. The van der Waals surface area contributed by atoms with E-state index in [1.807, 2.05) is 10.6 Å². The topological polar surface area (TPSA) is 57.5 Å². The molecule has 7 heteroatoms. The number of anilines is 1. The molecule has 2 aliphatic heterocycles. The van der Waals surface area contributed by atoms with Crippen molar-refractivity contribution in [3.05, 3.63) is 30.1 Å². The first-order valence-corrected chi connectivity index (χ1v) is 9.16. The Morgan fingerprint density at radius 2 is 2.13 bits per heavy atom. The van der Waals surface area contributed by atoms with E-state index in [2.05, 4.69) is 28.3 Å². The molecule has 2 N–H and O–H groups in total. The van der Waals surface area contributed by atoms with Crippen LogP contribution in [0.2, 0.25) is 0 Å². The summed E-state index contributed by atoms with van der Waals surface area (Å²) < 4.78 is 1.97. The summed E-state index contributed by atoms with van der Waals surface area (Å²) in [6, 6.07) is 0. The minimum Gasteiger partial charge on any atom is -0.352 e. The van der Waals surface area contributed by atoms with Gasteiger partial charge in [-0.3, -0.25) is 0 Å². The van der Waals surface area contributed by atoms with Crippen molar-refractivity contribution >= 4 is 23.2 Å². The molecule has 0 radical (unpaired) electrons. The lowest BCUT2D eigenvalue weighted by Gasteiger charge is -2.27. The molecule has 0 aromatic carbocycles. The molecule has 0 bridgehead atoms. The number of nitrogens with one attached hydrogen (secondary N) is 2. The maximum Gasteiger partial charge on any atom is 0.171 e. The second-order valence-electron chi connectivity index (χ2n) is 5.90. The first-order chi connectivity index (χ1) is 11.4. The van der Waals surface area contributed by atoms with Crippen molar-refractivity contribution in [1.82, 2.24) is 25.2 Å². The summed E-state index contributed by atoms with van der Waals surface area (Å²) in [6.07, 6.45) is 5.08. The Labute approximate surface area is 140 Å². The Morgan fingerprint density at radius 3 is 2.96 bits per heavy atom. The number of hydrogen-bond acceptors (Lipinski definition) is 6. The molecular weight excluding hydrogens is 308 g/mol. The fourth-order valence-corrected chi connectivity index (χ4v) is 4.01. The Kier molecular flexibility index (Phi) is 4.24. The van der Waals surface area contributed by atoms with Crippen LogP contribution in [-0.4, -0.2) is 53.1 Å². The van der Waals surface area contributed by atoms with Crippen LogP contribution in [0.5, 0.6) is 0 Å². The predicted octanol–water partition coefficient (Wildman–Crippen LogP) is 1.06. The molecule has 1 saturated heterocycles. The zero-order valence-corrected chi connectivity index (χ0v) is 14.0. The van der Waals surface area contributed by atoms with Gasteiger partial charge in [0.2, 0.25) is 0 Å². The summed E-state index contributed by atoms with van der Waals surface area (Å²) in [7, 11) is 0. The van der Waals surface area contributed by atoms with Crippen LogP contribution in [0.4, 0.5) is 5.82 Å². The second-order valence-corrected chi connectivity index (χ2v) is 6.93. The van der Waals surface area contributed by atoms with Gasteiger partial charge in [0.25, 0.3) is 0 Å². The molecular formula is C16H22N6S. The van der Waals surface area contributed by atoms with Crippen molar-refractivity contribution in [3.63, 3.8) is 0 Å². The summed E-state index contributed by atoms with van der Waals surface area (Å²) >= 11 is 1.79.